The third kappa shape index (κ3) is 2.08. The number of imidazole rings is 1. The summed E-state index contributed by atoms with van der Waals surface area (Å²) in [5.74, 6) is 0.655. The fraction of sp³-hybridized carbons (Fsp3) is 0.312. The van der Waals surface area contributed by atoms with Crippen LogP contribution in [0.2, 0.25) is 5.02 Å². The Labute approximate surface area is 142 Å². The molecule has 1 aromatic carbocycles. The SMILES string of the molecule is Cc1ccc(N2CCCn3c2nc2c3c(=O)[nH]c(=O)n2C)cc1Cl. The Morgan fingerprint density at radius 3 is 2.79 bits per heavy atom. The van der Waals surface area contributed by atoms with E-state index in [1.54, 1.807) is 7.05 Å². The Hall–Kier alpha value is -2.54. The largest absolute Gasteiger partial charge is 0.329 e. The Bertz CT molecular complexity index is 1080. The Morgan fingerprint density at radius 1 is 1.25 bits per heavy atom. The minimum absolute atomic E-state index is 0.392. The second-order valence-electron chi connectivity index (χ2n) is 5.99. The van der Waals surface area contributed by atoms with Gasteiger partial charge in [0.25, 0.3) is 5.56 Å². The predicted octanol–water partition coefficient (Wildman–Crippen LogP) is 1.93. The highest BCUT2D eigenvalue weighted by Gasteiger charge is 2.25. The number of hydrogen-bond acceptors (Lipinski definition) is 4. The lowest BCUT2D eigenvalue weighted by atomic mass is 10.2. The molecule has 0 spiro atoms. The maximum absolute atomic E-state index is 12.3. The van der Waals surface area contributed by atoms with E-state index in [4.69, 9.17) is 11.6 Å². The van der Waals surface area contributed by atoms with Crippen LogP contribution in [0.3, 0.4) is 0 Å². The maximum Gasteiger partial charge on any atom is 0.329 e. The zero-order valence-electron chi connectivity index (χ0n) is 13.3. The molecule has 1 aliphatic rings. The van der Waals surface area contributed by atoms with E-state index in [0.717, 1.165) is 24.2 Å². The van der Waals surface area contributed by atoms with Gasteiger partial charge in [-0.05, 0) is 31.0 Å². The summed E-state index contributed by atoms with van der Waals surface area (Å²) in [6.07, 6.45) is 0.867. The lowest BCUT2D eigenvalue weighted by Gasteiger charge is -2.29. The van der Waals surface area contributed by atoms with Gasteiger partial charge in [0.2, 0.25) is 5.95 Å². The molecule has 0 bridgehead atoms. The number of nitrogens with zero attached hydrogens (tertiary/aromatic N) is 4. The number of aromatic amines is 1. The number of halogens is 1. The van der Waals surface area contributed by atoms with E-state index in [2.05, 4.69) is 9.97 Å². The number of aryl methyl sites for hydroxylation is 3. The van der Waals surface area contributed by atoms with E-state index in [-0.39, 0.29) is 0 Å². The number of nitrogens with one attached hydrogen (secondary N) is 1. The van der Waals surface area contributed by atoms with Crippen molar-refractivity contribution in [2.45, 2.75) is 19.9 Å². The first kappa shape index (κ1) is 15.0. The molecule has 8 heteroatoms. The second-order valence-corrected chi connectivity index (χ2v) is 6.40. The van der Waals surface area contributed by atoms with Crippen LogP contribution in [0.25, 0.3) is 11.2 Å². The molecule has 0 saturated carbocycles. The maximum atomic E-state index is 12.3. The molecule has 0 aliphatic carbocycles. The highest BCUT2D eigenvalue weighted by molar-refractivity contribution is 6.31. The van der Waals surface area contributed by atoms with E-state index < -0.39 is 11.2 Å². The van der Waals surface area contributed by atoms with Gasteiger partial charge in [0.05, 0.1) is 0 Å². The molecule has 7 nitrogen and oxygen atoms in total. The van der Waals surface area contributed by atoms with Gasteiger partial charge < -0.3 is 9.47 Å². The molecule has 24 heavy (non-hydrogen) atoms. The van der Waals surface area contributed by atoms with Crippen LogP contribution in [0, 0.1) is 6.92 Å². The molecule has 1 aliphatic heterocycles. The van der Waals surface area contributed by atoms with Gasteiger partial charge in [0.1, 0.15) is 0 Å². The summed E-state index contributed by atoms with van der Waals surface area (Å²) < 4.78 is 3.23. The summed E-state index contributed by atoms with van der Waals surface area (Å²) in [5.41, 5.74) is 1.87. The standard InChI is InChI=1S/C16H16ClN5O2/c1-9-4-5-10(8-11(9)17)21-6-3-7-22-12-13(18-15(21)22)20(2)16(24)19-14(12)23/h4-5,8H,3,6-7H2,1-2H3,(H,19,23,24). The van der Waals surface area contributed by atoms with Gasteiger partial charge in [-0.3, -0.25) is 14.3 Å². The van der Waals surface area contributed by atoms with Crippen LogP contribution in [0.15, 0.2) is 27.8 Å². The average molecular weight is 346 g/mol. The van der Waals surface area contributed by atoms with Crippen LogP contribution < -0.4 is 16.1 Å². The van der Waals surface area contributed by atoms with Gasteiger partial charge in [-0.15, -0.1) is 0 Å². The minimum Gasteiger partial charge on any atom is -0.312 e. The number of anilines is 2. The smallest absolute Gasteiger partial charge is 0.312 e. The van der Waals surface area contributed by atoms with Gasteiger partial charge in [0, 0.05) is 30.8 Å². The quantitative estimate of drug-likeness (QED) is 0.731. The zero-order valence-corrected chi connectivity index (χ0v) is 14.1. The highest BCUT2D eigenvalue weighted by Crippen LogP contribution is 2.32. The zero-order chi connectivity index (χ0) is 17.0. The van der Waals surface area contributed by atoms with Gasteiger partial charge in [0.15, 0.2) is 11.2 Å². The third-order valence-electron chi connectivity index (χ3n) is 4.46. The molecule has 1 N–H and O–H groups in total. The molecule has 0 amide bonds. The Kier molecular flexibility index (Phi) is 3.28. The minimum atomic E-state index is -0.465. The van der Waals surface area contributed by atoms with Gasteiger partial charge in [-0.25, -0.2) is 4.79 Å². The van der Waals surface area contributed by atoms with Crippen molar-refractivity contribution in [3.8, 4) is 0 Å². The molecule has 0 atom stereocenters. The van der Waals surface area contributed by atoms with Gasteiger partial charge in [-0.1, -0.05) is 17.7 Å². The van der Waals surface area contributed by atoms with E-state index in [1.165, 1.54) is 4.57 Å². The summed E-state index contributed by atoms with van der Waals surface area (Å²) in [5, 5.41) is 0.686. The predicted molar refractivity (Wildman–Crippen MR) is 93.4 cm³/mol. The molecule has 0 fully saturated rings. The van der Waals surface area contributed by atoms with Crippen molar-refractivity contribution < 1.29 is 0 Å². The van der Waals surface area contributed by atoms with Crippen LogP contribution in [0.1, 0.15) is 12.0 Å². The van der Waals surface area contributed by atoms with Crippen molar-refractivity contribution >= 4 is 34.4 Å². The average Bonchev–Trinajstić information content (AvgIpc) is 2.95. The van der Waals surface area contributed by atoms with Crippen molar-refractivity contribution in [3.05, 3.63) is 49.6 Å². The lowest BCUT2D eigenvalue weighted by molar-refractivity contribution is 0.602. The van der Waals surface area contributed by atoms with Crippen molar-refractivity contribution in [2.24, 2.45) is 7.05 Å². The number of hydrogen-bond donors (Lipinski definition) is 1. The molecule has 0 radical (unpaired) electrons. The Balaban J connectivity index is 1.98. The molecule has 3 heterocycles. The number of rotatable bonds is 1. The van der Waals surface area contributed by atoms with E-state index >= 15 is 0 Å². The number of fused-ring (bicyclic) bond motifs is 3. The lowest BCUT2D eigenvalue weighted by Crippen LogP contribution is -2.31. The third-order valence-corrected chi connectivity index (χ3v) is 4.87. The number of aromatic nitrogens is 4. The molecular weight excluding hydrogens is 330 g/mol. The van der Waals surface area contributed by atoms with Crippen molar-refractivity contribution in [3.63, 3.8) is 0 Å². The fourth-order valence-electron chi connectivity index (χ4n) is 3.12. The van der Waals surface area contributed by atoms with Gasteiger partial charge >= 0.3 is 5.69 Å². The Morgan fingerprint density at radius 2 is 2.04 bits per heavy atom. The van der Waals surface area contributed by atoms with E-state index in [1.807, 2.05) is 34.6 Å². The molecule has 4 rings (SSSR count). The van der Waals surface area contributed by atoms with Crippen LogP contribution in [-0.2, 0) is 13.6 Å². The monoisotopic (exact) mass is 345 g/mol. The summed E-state index contributed by atoms with van der Waals surface area (Å²) in [4.78, 5) is 33.0. The fourth-order valence-corrected chi connectivity index (χ4v) is 3.30. The first-order chi connectivity index (χ1) is 11.5. The molecule has 3 aromatic rings. The summed E-state index contributed by atoms with van der Waals surface area (Å²) in [7, 11) is 1.60. The van der Waals surface area contributed by atoms with Gasteiger partial charge in [-0.2, -0.15) is 4.98 Å². The van der Waals surface area contributed by atoms with Crippen molar-refractivity contribution in [2.75, 3.05) is 11.4 Å². The summed E-state index contributed by atoms with van der Waals surface area (Å²) in [6.45, 7) is 3.41. The van der Waals surface area contributed by atoms with Crippen LogP contribution in [0.4, 0.5) is 11.6 Å². The second kappa shape index (κ2) is 5.24. The summed E-state index contributed by atoms with van der Waals surface area (Å²) in [6, 6.07) is 5.84. The normalized spacial score (nSPS) is 14.2. The van der Waals surface area contributed by atoms with E-state index in [9.17, 15) is 9.59 Å². The first-order valence-corrected chi connectivity index (χ1v) is 8.08. The molecule has 0 unspecified atom stereocenters. The van der Waals surface area contributed by atoms with Crippen molar-refractivity contribution in [1.82, 2.24) is 19.1 Å². The van der Waals surface area contributed by atoms with Crippen molar-refractivity contribution in [1.29, 1.82) is 0 Å². The topological polar surface area (TPSA) is 75.9 Å². The molecule has 0 saturated heterocycles. The van der Waals surface area contributed by atoms with Crippen LogP contribution >= 0.6 is 11.6 Å². The summed E-state index contributed by atoms with van der Waals surface area (Å²) >= 11 is 6.26. The first-order valence-electron chi connectivity index (χ1n) is 7.70. The molecular formula is C16H16ClN5O2. The van der Waals surface area contributed by atoms with Crippen LogP contribution in [-0.4, -0.2) is 25.6 Å². The molecule has 2 aromatic heterocycles. The number of benzene rings is 1. The molecule has 124 valence electrons. The number of H-pyrrole nitrogens is 1. The van der Waals surface area contributed by atoms with E-state index in [0.29, 0.717) is 28.7 Å². The highest BCUT2D eigenvalue weighted by atomic mass is 35.5. The van der Waals surface area contributed by atoms with Crippen LogP contribution in [0.5, 0.6) is 0 Å².